The molecule has 0 bridgehead atoms. The lowest BCUT2D eigenvalue weighted by atomic mass is 10.1. The van der Waals surface area contributed by atoms with Crippen molar-refractivity contribution in [3.8, 4) is 0 Å². The average Bonchev–Trinajstić information content (AvgIpc) is 2.61. The molecule has 1 saturated heterocycles. The van der Waals surface area contributed by atoms with Crippen LogP contribution in [0.3, 0.4) is 0 Å². The van der Waals surface area contributed by atoms with Crippen molar-refractivity contribution < 1.29 is 13.2 Å². The Balaban J connectivity index is 2.37. The van der Waals surface area contributed by atoms with Crippen LogP contribution >= 0.6 is 11.8 Å². The highest BCUT2D eigenvalue weighted by atomic mass is 32.2. The number of nitrogens with one attached hydrogen (secondary N) is 1. The van der Waals surface area contributed by atoms with Crippen molar-refractivity contribution in [2.75, 3.05) is 5.75 Å². The first-order valence-corrected chi connectivity index (χ1v) is 8.55. The van der Waals surface area contributed by atoms with Gasteiger partial charge in [-0.05, 0) is 38.3 Å². The van der Waals surface area contributed by atoms with Crippen molar-refractivity contribution in [1.29, 1.82) is 0 Å². The summed E-state index contributed by atoms with van der Waals surface area (Å²) in [5.74, 6) is 0.678. The van der Waals surface area contributed by atoms with Gasteiger partial charge in [0.05, 0.1) is 10.9 Å². The number of rotatable bonds is 3. The highest BCUT2D eigenvalue weighted by molar-refractivity contribution is 8.14. The van der Waals surface area contributed by atoms with Crippen molar-refractivity contribution >= 4 is 26.9 Å². The fourth-order valence-electron chi connectivity index (χ4n) is 2.44. The van der Waals surface area contributed by atoms with Crippen molar-refractivity contribution in [1.82, 2.24) is 4.72 Å². The van der Waals surface area contributed by atoms with Crippen LogP contribution in [-0.4, -0.2) is 25.3 Å². The van der Waals surface area contributed by atoms with E-state index in [0.29, 0.717) is 28.2 Å². The molecule has 1 fully saturated rings. The van der Waals surface area contributed by atoms with Crippen LogP contribution in [0.4, 0.5) is 0 Å². The summed E-state index contributed by atoms with van der Waals surface area (Å²) >= 11 is 1.19. The van der Waals surface area contributed by atoms with Crippen LogP contribution in [0.2, 0.25) is 0 Å². The Kier molecular flexibility index (Phi) is 4.03. The zero-order valence-corrected chi connectivity index (χ0v) is 12.8. The lowest BCUT2D eigenvalue weighted by molar-refractivity contribution is -0.111. The number of benzene rings is 1. The first-order chi connectivity index (χ1) is 8.81. The quantitative estimate of drug-likeness (QED) is 0.926. The summed E-state index contributed by atoms with van der Waals surface area (Å²) in [5.41, 5.74) is 2.45. The van der Waals surface area contributed by atoms with E-state index in [0.717, 1.165) is 5.56 Å². The molecule has 6 heteroatoms. The van der Waals surface area contributed by atoms with E-state index in [1.54, 1.807) is 13.8 Å². The molecule has 1 aliphatic rings. The molecule has 2 rings (SSSR count). The molecule has 1 heterocycles. The fourth-order valence-corrected chi connectivity index (χ4v) is 5.13. The molecule has 0 saturated carbocycles. The molecule has 0 unspecified atom stereocenters. The number of hydrogen-bond acceptors (Lipinski definition) is 4. The van der Waals surface area contributed by atoms with Crippen LogP contribution in [0.1, 0.15) is 23.1 Å². The van der Waals surface area contributed by atoms with E-state index in [1.807, 2.05) is 19.1 Å². The third-order valence-corrected chi connectivity index (χ3v) is 5.89. The van der Waals surface area contributed by atoms with Gasteiger partial charge in [-0.3, -0.25) is 4.79 Å². The molecular weight excluding hydrogens is 282 g/mol. The molecule has 0 aromatic heterocycles. The third-order valence-electron chi connectivity index (χ3n) is 3.11. The van der Waals surface area contributed by atoms with Crippen LogP contribution in [0.15, 0.2) is 17.0 Å². The van der Waals surface area contributed by atoms with Crippen LogP contribution in [0, 0.1) is 20.8 Å². The highest BCUT2D eigenvalue weighted by Gasteiger charge is 2.31. The third kappa shape index (κ3) is 3.01. The van der Waals surface area contributed by atoms with Gasteiger partial charge in [0.25, 0.3) is 0 Å². The van der Waals surface area contributed by atoms with Gasteiger partial charge in [0.1, 0.15) is 0 Å². The van der Waals surface area contributed by atoms with Gasteiger partial charge in [-0.15, -0.1) is 0 Å². The van der Waals surface area contributed by atoms with Gasteiger partial charge in [-0.25, -0.2) is 8.42 Å². The standard InChI is InChI=1S/C13H17NO3S2/c1-8-6-9(2)12(10(3)7-8)19(16,17)14-11-4-5-18-13(11)15/h6-7,11,14H,4-5H2,1-3H3/t11-/m0/s1. The Bertz CT molecular complexity index is 600. The zero-order valence-electron chi connectivity index (χ0n) is 11.2. The van der Waals surface area contributed by atoms with Gasteiger partial charge >= 0.3 is 0 Å². The number of thioether (sulfide) groups is 1. The zero-order chi connectivity index (χ0) is 14.2. The van der Waals surface area contributed by atoms with Crippen molar-refractivity contribution in [3.05, 3.63) is 28.8 Å². The van der Waals surface area contributed by atoms with Crippen LogP contribution < -0.4 is 4.72 Å². The second-order valence-corrected chi connectivity index (χ2v) is 7.61. The Morgan fingerprint density at radius 2 is 1.79 bits per heavy atom. The van der Waals surface area contributed by atoms with E-state index in [2.05, 4.69) is 4.72 Å². The van der Waals surface area contributed by atoms with E-state index >= 15 is 0 Å². The molecule has 1 atom stereocenters. The summed E-state index contributed by atoms with van der Waals surface area (Å²) in [4.78, 5) is 11.8. The van der Waals surface area contributed by atoms with Gasteiger partial charge in [-0.1, -0.05) is 29.5 Å². The molecule has 0 spiro atoms. The van der Waals surface area contributed by atoms with Crippen LogP contribution in [0.25, 0.3) is 0 Å². The smallest absolute Gasteiger partial charge is 0.241 e. The largest absolute Gasteiger partial charge is 0.285 e. The molecule has 1 N–H and O–H groups in total. The molecular formula is C13H17NO3S2. The number of sulfonamides is 1. The van der Waals surface area contributed by atoms with Crippen LogP contribution in [-0.2, 0) is 14.8 Å². The van der Waals surface area contributed by atoms with Gasteiger partial charge in [0.2, 0.25) is 15.1 Å². The van der Waals surface area contributed by atoms with Gasteiger partial charge < -0.3 is 0 Å². The fraction of sp³-hybridized carbons (Fsp3) is 0.462. The van der Waals surface area contributed by atoms with E-state index in [9.17, 15) is 13.2 Å². The van der Waals surface area contributed by atoms with Crippen molar-refractivity contribution in [2.24, 2.45) is 0 Å². The summed E-state index contributed by atoms with van der Waals surface area (Å²) < 4.78 is 27.4. The van der Waals surface area contributed by atoms with Crippen molar-refractivity contribution in [3.63, 3.8) is 0 Å². The number of carbonyl (C=O) groups excluding carboxylic acids is 1. The number of aryl methyl sites for hydroxylation is 3. The summed E-state index contributed by atoms with van der Waals surface area (Å²) in [6, 6.07) is 3.09. The Morgan fingerprint density at radius 1 is 1.21 bits per heavy atom. The maximum Gasteiger partial charge on any atom is 0.241 e. The first kappa shape index (κ1) is 14.6. The molecule has 4 nitrogen and oxygen atoms in total. The van der Waals surface area contributed by atoms with Crippen LogP contribution in [0.5, 0.6) is 0 Å². The van der Waals surface area contributed by atoms with E-state index < -0.39 is 16.1 Å². The second kappa shape index (κ2) is 5.26. The number of carbonyl (C=O) groups is 1. The Hall–Kier alpha value is -0.850. The summed E-state index contributed by atoms with van der Waals surface area (Å²) in [6.45, 7) is 5.49. The lowest BCUT2D eigenvalue weighted by Gasteiger charge is -2.15. The van der Waals surface area contributed by atoms with E-state index in [-0.39, 0.29) is 5.12 Å². The Labute approximate surface area is 118 Å². The van der Waals surface area contributed by atoms with Gasteiger partial charge in [-0.2, -0.15) is 4.72 Å². The average molecular weight is 299 g/mol. The predicted octanol–water partition coefficient (Wildman–Crippen LogP) is 1.92. The van der Waals surface area contributed by atoms with E-state index in [1.165, 1.54) is 11.8 Å². The molecule has 0 amide bonds. The Morgan fingerprint density at radius 3 is 2.26 bits per heavy atom. The van der Waals surface area contributed by atoms with Gasteiger partial charge in [0.15, 0.2) is 0 Å². The van der Waals surface area contributed by atoms with Crippen molar-refractivity contribution in [2.45, 2.75) is 38.1 Å². The number of hydrogen-bond donors (Lipinski definition) is 1. The molecule has 104 valence electrons. The second-order valence-electron chi connectivity index (χ2n) is 4.86. The molecule has 0 radical (unpaired) electrons. The molecule has 1 aromatic carbocycles. The summed E-state index contributed by atoms with van der Waals surface area (Å²) in [5, 5.41) is -0.0917. The summed E-state index contributed by atoms with van der Waals surface area (Å²) in [6.07, 6.45) is 0.562. The normalized spacial score (nSPS) is 19.9. The molecule has 1 aliphatic heterocycles. The topological polar surface area (TPSA) is 63.2 Å². The molecule has 0 aliphatic carbocycles. The monoisotopic (exact) mass is 299 g/mol. The minimum atomic E-state index is -3.64. The highest BCUT2D eigenvalue weighted by Crippen LogP contribution is 2.25. The first-order valence-electron chi connectivity index (χ1n) is 6.08. The molecule has 1 aromatic rings. The van der Waals surface area contributed by atoms with Gasteiger partial charge in [0, 0.05) is 5.75 Å². The summed E-state index contributed by atoms with van der Waals surface area (Å²) in [7, 11) is -3.64. The molecule has 19 heavy (non-hydrogen) atoms. The lowest BCUT2D eigenvalue weighted by Crippen LogP contribution is -2.37. The van der Waals surface area contributed by atoms with E-state index in [4.69, 9.17) is 0 Å². The predicted molar refractivity (Wildman–Crippen MR) is 76.8 cm³/mol. The maximum absolute atomic E-state index is 12.4. The minimum Gasteiger partial charge on any atom is -0.285 e. The minimum absolute atomic E-state index is 0.0917. The SMILES string of the molecule is Cc1cc(C)c(S(=O)(=O)N[C@H]2CCSC2=O)c(C)c1. The maximum atomic E-state index is 12.4.